The van der Waals surface area contributed by atoms with E-state index >= 15 is 0 Å². The Morgan fingerprint density at radius 3 is 3.00 bits per heavy atom. The molecule has 2 aromatic heterocycles. The van der Waals surface area contributed by atoms with Gasteiger partial charge in [-0.15, -0.1) is 0 Å². The van der Waals surface area contributed by atoms with Crippen molar-refractivity contribution in [1.29, 1.82) is 0 Å². The Balaban J connectivity index is 1.89. The largest absolute Gasteiger partial charge is 0.472 e. The minimum absolute atomic E-state index is 0.120. The fourth-order valence-electron chi connectivity index (χ4n) is 1.36. The quantitative estimate of drug-likeness (QED) is 0.828. The van der Waals surface area contributed by atoms with Crippen molar-refractivity contribution in [3.63, 3.8) is 0 Å². The third kappa shape index (κ3) is 2.92. The van der Waals surface area contributed by atoms with Gasteiger partial charge in [-0.25, -0.2) is 0 Å². The van der Waals surface area contributed by atoms with Gasteiger partial charge in [0, 0.05) is 18.3 Å². The molecule has 2 rings (SSSR count). The molecular formula is C12H12N2O3. The van der Waals surface area contributed by atoms with Crippen molar-refractivity contribution in [2.24, 2.45) is 0 Å². The standard InChI is InChI=1S/C12H12N2O3/c15-11(9-4-6-17-8-9)7-14-12(16)10-3-1-2-5-13-10/h1-6,8,11,15H,7H2,(H,14,16)/t11-/m1/s1. The van der Waals surface area contributed by atoms with Crippen LogP contribution in [0.4, 0.5) is 0 Å². The minimum atomic E-state index is -0.776. The maximum Gasteiger partial charge on any atom is 0.269 e. The number of nitrogens with zero attached hydrogens (tertiary/aromatic N) is 1. The first kappa shape index (κ1) is 11.3. The predicted octanol–water partition coefficient (Wildman–Crippen LogP) is 1.14. The molecule has 17 heavy (non-hydrogen) atoms. The third-order valence-corrected chi connectivity index (χ3v) is 2.28. The van der Waals surface area contributed by atoms with E-state index < -0.39 is 6.10 Å². The number of hydrogen-bond acceptors (Lipinski definition) is 4. The van der Waals surface area contributed by atoms with E-state index in [1.54, 1.807) is 30.5 Å². The normalized spacial score (nSPS) is 12.1. The number of pyridine rings is 1. The van der Waals surface area contributed by atoms with Gasteiger partial charge in [0.1, 0.15) is 5.69 Å². The van der Waals surface area contributed by atoms with Crippen molar-refractivity contribution < 1.29 is 14.3 Å². The number of aliphatic hydroxyl groups excluding tert-OH is 1. The molecule has 0 bridgehead atoms. The Hall–Kier alpha value is -2.14. The van der Waals surface area contributed by atoms with Crippen molar-refractivity contribution in [3.05, 3.63) is 54.2 Å². The second-order valence-electron chi connectivity index (χ2n) is 3.50. The van der Waals surface area contributed by atoms with E-state index in [4.69, 9.17) is 4.42 Å². The Morgan fingerprint density at radius 2 is 2.35 bits per heavy atom. The number of nitrogens with one attached hydrogen (secondary N) is 1. The van der Waals surface area contributed by atoms with Gasteiger partial charge in [0.15, 0.2) is 0 Å². The molecule has 0 radical (unpaired) electrons. The van der Waals surface area contributed by atoms with Crippen LogP contribution in [-0.2, 0) is 0 Å². The number of hydrogen-bond donors (Lipinski definition) is 2. The van der Waals surface area contributed by atoms with Gasteiger partial charge in [0.2, 0.25) is 0 Å². The number of carbonyl (C=O) groups is 1. The highest BCUT2D eigenvalue weighted by Crippen LogP contribution is 2.11. The summed E-state index contributed by atoms with van der Waals surface area (Å²) in [6.07, 6.45) is 3.68. The lowest BCUT2D eigenvalue weighted by Crippen LogP contribution is -2.28. The summed E-state index contributed by atoms with van der Waals surface area (Å²) in [6.45, 7) is 0.120. The molecule has 0 spiro atoms. The summed E-state index contributed by atoms with van der Waals surface area (Å²) in [4.78, 5) is 15.5. The maximum atomic E-state index is 11.6. The van der Waals surface area contributed by atoms with Crippen molar-refractivity contribution in [2.45, 2.75) is 6.10 Å². The Labute approximate surface area is 98.1 Å². The van der Waals surface area contributed by atoms with Crippen LogP contribution in [-0.4, -0.2) is 22.5 Å². The molecule has 5 heteroatoms. The van der Waals surface area contributed by atoms with Gasteiger partial charge in [-0.05, 0) is 18.2 Å². The first-order valence-corrected chi connectivity index (χ1v) is 5.17. The lowest BCUT2D eigenvalue weighted by Gasteiger charge is -2.09. The lowest BCUT2D eigenvalue weighted by atomic mass is 10.2. The monoisotopic (exact) mass is 232 g/mol. The second-order valence-corrected chi connectivity index (χ2v) is 3.50. The highest BCUT2D eigenvalue weighted by atomic mass is 16.3. The van der Waals surface area contributed by atoms with Gasteiger partial charge in [0.25, 0.3) is 5.91 Å². The van der Waals surface area contributed by atoms with E-state index in [-0.39, 0.29) is 12.5 Å². The molecule has 0 saturated carbocycles. The Bertz CT molecular complexity index is 468. The van der Waals surface area contributed by atoms with Crippen LogP contribution >= 0.6 is 0 Å². The molecule has 0 aliphatic carbocycles. The summed E-state index contributed by atoms with van der Waals surface area (Å²) < 4.78 is 4.84. The van der Waals surface area contributed by atoms with Gasteiger partial charge < -0.3 is 14.8 Å². The zero-order valence-electron chi connectivity index (χ0n) is 9.04. The summed E-state index contributed by atoms with van der Waals surface area (Å²) in [6, 6.07) is 6.72. The molecule has 0 aliphatic heterocycles. The fraction of sp³-hybridized carbons (Fsp3) is 0.167. The predicted molar refractivity (Wildman–Crippen MR) is 60.2 cm³/mol. The number of carbonyl (C=O) groups excluding carboxylic acids is 1. The highest BCUT2D eigenvalue weighted by Gasteiger charge is 2.11. The lowest BCUT2D eigenvalue weighted by molar-refractivity contribution is 0.0911. The van der Waals surface area contributed by atoms with Crippen LogP contribution < -0.4 is 5.32 Å². The smallest absolute Gasteiger partial charge is 0.269 e. The van der Waals surface area contributed by atoms with Crippen LogP contribution in [0.3, 0.4) is 0 Å². The molecule has 0 aliphatic rings. The molecule has 88 valence electrons. The van der Waals surface area contributed by atoms with Crippen molar-refractivity contribution in [3.8, 4) is 0 Å². The van der Waals surface area contributed by atoms with Crippen molar-refractivity contribution >= 4 is 5.91 Å². The molecule has 2 N–H and O–H groups in total. The molecule has 0 aromatic carbocycles. The molecule has 0 fully saturated rings. The van der Waals surface area contributed by atoms with Gasteiger partial charge in [0.05, 0.1) is 18.6 Å². The SMILES string of the molecule is O=C(NC[C@@H](O)c1ccoc1)c1ccccn1. The summed E-state index contributed by atoms with van der Waals surface area (Å²) in [5.41, 5.74) is 0.957. The van der Waals surface area contributed by atoms with Crippen LogP contribution in [0, 0.1) is 0 Å². The molecule has 2 aromatic rings. The van der Waals surface area contributed by atoms with Crippen LogP contribution in [0.15, 0.2) is 47.4 Å². The molecule has 5 nitrogen and oxygen atoms in total. The average molecular weight is 232 g/mol. The van der Waals surface area contributed by atoms with E-state index in [0.717, 1.165) is 0 Å². The average Bonchev–Trinajstić information content (AvgIpc) is 2.90. The molecule has 2 heterocycles. The third-order valence-electron chi connectivity index (χ3n) is 2.28. The molecule has 0 saturated heterocycles. The number of furan rings is 1. The first-order chi connectivity index (χ1) is 8.27. The zero-order chi connectivity index (χ0) is 12.1. The Morgan fingerprint density at radius 1 is 1.47 bits per heavy atom. The van der Waals surface area contributed by atoms with E-state index in [9.17, 15) is 9.90 Å². The second kappa shape index (κ2) is 5.27. The summed E-state index contributed by atoms with van der Waals surface area (Å²) in [5, 5.41) is 12.3. The summed E-state index contributed by atoms with van der Waals surface area (Å²) in [7, 11) is 0. The highest BCUT2D eigenvalue weighted by molar-refractivity contribution is 5.92. The fourth-order valence-corrected chi connectivity index (χ4v) is 1.36. The minimum Gasteiger partial charge on any atom is -0.472 e. The summed E-state index contributed by atoms with van der Waals surface area (Å²) >= 11 is 0. The van der Waals surface area contributed by atoms with Crippen LogP contribution in [0.25, 0.3) is 0 Å². The maximum absolute atomic E-state index is 11.6. The number of aromatic nitrogens is 1. The van der Waals surface area contributed by atoms with E-state index in [0.29, 0.717) is 11.3 Å². The Kier molecular flexibility index (Phi) is 3.52. The van der Waals surface area contributed by atoms with Crippen molar-refractivity contribution in [2.75, 3.05) is 6.54 Å². The van der Waals surface area contributed by atoms with Gasteiger partial charge >= 0.3 is 0 Å². The van der Waals surface area contributed by atoms with E-state index in [1.807, 2.05) is 0 Å². The molecule has 1 atom stereocenters. The van der Waals surface area contributed by atoms with Crippen molar-refractivity contribution in [1.82, 2.24) is 10.3 Å². The van der Waals surface area contributed by atoms with Crippen LogP contribution in [0.5, 0.6) is 0 Å². The van der Waals surface area contributed by atoms with E-state index in [1.165, 1.54) is 12.5 Å². The molecular weight excluding hydrogens is 220 g/mol. The number of rotatable bonds is 4. The first-order valence-electron chi connectivity index (χ1n) is 5.17. The van der Waals surface area contributed by atoms with Gasteiger partial charge in [-0.2, -0.15) is 0 Å². The summed E-state index contributed by atoms with van der Waals surface area (Å²) in [5.74, 6) is -0.312. The zero-order valence-corrected chi connectivity index (χ0v) is 9.04. The topological polar surface area (TPSA) is 75.4 Å². The number of amides is 1. The van der Waals surface area contributed by atoms with Gasteiger partial charge in [-0.1, -0.05) is 6.07 Å². The number of aliphatic hydroxyl groups is 1. The van der Waals surface area contributed by atoms with E-state index in [2.05, 4.69) is 10.3 Å². The molecule has 1 amide bonds. The molecule has 0 unspecified atom stereocenters. The van der Waals surface area contributed by atoms with Crippen LogP contribution in [0.1, 0.15) is 22.2 Å². The van der Waals surface area contributed by atoms with Crippen LogP contribution in [0.2, 0.25) is 0 Å². The van der Waals surface area contributed by atoms with Gasteiger partial charge in [-0.3, -0.25) is 9.78 Å².